The molecule has 2 saturated heterocycles. The van der Waals surface area contributed by atoms with Crippen molar-refractivity contribution in [3.8, 4) is 0 Å². The van der Waals surface area contributed by atoms with E-state index in [1.165, 1.54) is 5.56 Å². The number of β-amino-alcohol motifs (C(OH)–C–C–N with tert-alkyl or cyclic N) is 1. The quantitative estimate of drug-likeness (QED) is 0.671. The van der Waals surface area contributed by atoms with Crippen LogP contribution in [0, 0.1) is 13.8 Å². The summed E-state index contributed by atoms with van der Waals surface area (Å²) >= 11 is 12.6. The van der Waals surface area contributed by atoms with Crippen LogP contribution >= 0.6 is 23.2 Å². The summed E-state index contributed by atoms with van der Waals surface area (Å²) in [6, 6.07) is 9.72. The Morgan fingerprint density at radius 3 is 2.10 bits per heavy atom. The molecule has 2 aliphatic heterocycles. The van der Waals surface area contributed by atoms with Gasteiger partial charge in [-0.15, -0.1) is 0 Å². The number of hydrogen-bond acceptors (Lipinski definition) is 3. The Bertz CT molecular complexity index is 924. The lowest BCUT2D eigenvalue weighted by atomic mass is 9.86. The van der Waals surface area contributed by atoms with Crippen LogP contribution in [0.2, 0.25) is 10.0 Å². The fraction of sp³-hybridized carbons (Fsp3) is 0.455. The van der Waals surface area contributed by atoms with Gasteiger partial charge in [-0.1, -0.05) is 41.4 Å². The van der Waals surface area contributed by atoms with Crippen LogP contribution < -0.4 is 4.90 Å². The lowest BCUT2D eigenvalue weighted by Gasteiger charge is -2.47. The van der Waals surface area contributed by atoms with Gasteiger partial charge < -0.3 is 10.0 Å². The van der Waals surface area contributed by atoms with Gasteiger partial charge in [0, 0.05) is 38.6 Å². The molecule has 0 unspecified atom stereocenters. The number of nitrogens with zero attached hydrogens (tertiary/aromatic N) is 2. The minimum absolute atomic E-state index is 0.350. The molecular weight excluding hydrogens is 436 g/mol. The standard InChI is InChI=1S/C22H23Cl2F3N2O/c1-13-6-15(16-8-29(9-16)20-18(23)4-3-5-19(20)24)7-14(2)17(13)10-28-11-21(30,12-28)22(25,26)27/h3-7,16,30H,8-12H2,1-2H3. The third-order valence-corrected chi connectivity index (χ3v) is 6.81. The van der Waals surface area contributed by atoms with Crippen LogP contribution in [0.5, 0.6) is 0 Å². The summed E-state index contributed by atoms with van der Waals surface area (Å²) in [4.78, 5) is 3.79. The monoisotopic (exact) mass is 458 g/mol. The van der Waals surface area contributed by atoms with Crippen LogP contribution in [0.25, 0.3) is 0 Å². The molecule has 3 nitrogen and oxygen atoms in total. The summed E-state index contributed by atoms with van der Waals surface area (Å²) in [7, 11) is 0. The molecule has 0 radical (unpaired) electrons. The predicted molar refractivity (Wildman–Crippen MR) is 114 cm³/mol. The van der Waals surface area contributed by atoms with Crippen molar-refractivity contribution in [2.24, 2.45) is 0 Å². The van der Waals surface area contributed by atoms with Crippen molar-refractivity contribution in [3.63, 3.8) is 0 Å². The lowest BCUT2D eigenvalue weighted by molar-refractivity contribution is -0.302. The average molecular weight is 459 g/mol. The van der Waals surface area contributed by atoms with E-state index in [1.807, 2.05) is 32.0 Å². The second-order valence-electron chi connectivity index (χ2n) is 8.48. The van der Waals surface area contributed by atoms with Gasteiger partial charge in [0.05, 0.1) is 15.7 Å². The fourth-order valence-corrected chi connectivity index (χ4v) is 5.02. The van der Waals surface area contributed by atoms with Crippen molar-refractivity contribution < 1.29 is 18.3 Å². The number of halogens is 5. The van der Waals surface area contributed by atoms with Gasteiger partial charge in [-0.2, -0.15) is 13.2 Å². The molecule has 30 heavy (non-hydrogen) atoms. The maximum Gasteiger partial charge on any atom is 0.419 e. The van der Waals surface area contributed by atoms with Gasteiger partial charge in [-0.05, 0) is 48.2 Å². The topological polar surface area (TPSA) is 26.7 Å². The summed E-state index contributed by atoms with van der Waals surface area (Å²) in [5.41, 5.74) is 2.63. The van der Waals surface area contributed by atoms with Gasteiger partial charge in [0.25, 0.3) is 0 Å². The van der Waals surface area contributed by atoms with Crippen LogP contribution in [0.4, 0.5) is 18.9 Å². The van der Waals surface area contributed by atoms with Crippen molar-refractivity contribution in [1.29, 1.82) is 0 Å². The van der Waals surface area contributed by atoms with Gasteiger partial charge in [-0.3, -0.25) is 4.90 Å². The van der Waals surface area contributed by atoms with Crippen molar-refractivity contribution in [3.05, 3.63) is 62.6 Å². The molecule has 2 aromatic carbocycles. The summed E-state index contributed by atoms with van der Waals surface area (Å²) in [6.45, 7) is 5.24. The molecule has 8 heteroatoms. The van der Waals surface area contributed by atoms with Crippen LogP contribution in [0.15, 0.2) is 30.3 Å². The number of hydrogen-bond donors (Lipinski definition) is 1. The first-order chi connectivity index (χ1) is 14.0. The third-order valence-electron chi connectivity index (χ3n) is 6.20. The predicted octanol–water partition coefficient (Wildman–Crippen LogP) is 5.32. The smallest absolute Gasteiger partial charge is 0.378 e. The van der Waals surface area contributed by atoms with Crippen molar-refractivity contribution in [2.45, 2.75) is 38.1 Å². The number of rotatable bonds is 4. The summed E-state index contributed by atoms with van der Waals surface area (Å²) in [5.74, 6) is 0.350. The number of anilines is 1. The van der Waals surface area contributed by atoms with E-state index in [0.717, 1.165) is 35.5 Å². The molecule has 0 atom stereocenters. The average Bonchev–Trinajstić information content (AvgIpc) is 2.56. The molecule has 0 saturated carbocycles. The van der Waals surface area contributed by atoms with E-state index < -0.39 is 11.8 Å². The molecule has 0 amide bonds. The first-order valence-corrected chi connectivity index (χ1v) is 10.5. The van der Waals surface area contributed by atoms with E-state index in [1.54, 1.807) is 4.90 Å². The number of likely N-dealkylation sites (tertiary alicyclic amines) is 1. The molecular formula is C22H23Cl2F3N2O. The molecule has 2 aliphatic rings. The highest BCUT2D eigenvalue weighted by Gasteiger charge is 2.60. The van der Waals surface area contributed by atoms with Crippen molar-refractivity contribution in [2.75, 3.05) is 31.1 Å². The molecule has 0 bridgehead atoms. The summed E-state index contributed by atoms with van der Waals surface area (Å²) in [6.07, 6.45) is -4.59. The first-order valence-electron chi connectivity index (χ1n) is 9.79. The minimum atomic E-state index is -4.59. The van der Waals surface area contributed by atoms with E-state index in [4.69, 9.17) is 23.2 Å². The normalized spacial score (nSPS) is 19.5. The molecule has 2 heterocycles. The zero-order chi connectivity index (χ0) is 21.8. The molecule has 0 spiro atoms. The van der Waals surface area contributed by atoms with Crippen LogP contribution in [-0.2, 0) is 6.54 Å². The Hall–Kier alpha value is -1.47. The van der Waals surface area contributed by atoms with Crippen molar-refractivity contribution in [1.82, 2.24) is 4.90 Å². The fourth-order valence-electron chi connectivity index (χ4n) is 4.38. The van der Waals surface area contributed by atoms with E-state index >= 15 is 0 Å². The molecule has 1 N–H and O–H groups in total. The maximum atomic E-state index is 12.8. The van der Waals surface area contributed by atoms with Crippen molar-refractivity contribution >= 4 is 28.9 Å². The zero-order valence-corrected chi connectivity index (χ0v) is 18.2. The molecule has 2 aromatic rings. The molecule has 162 valence electrons. The van der Waals surface area contributed by atoms with Gasteiger partial charge in [0.2, 0.25) is 0 Å². The Morgan fingerprint density at radius 1 is 1.07 bits per heavy atom. The Kier molecular flexibility index (Phi) is 5.50. The number of para-hydroxylation sites is 1. The number of aryl methyl sites for hydroxylation is 2. The minimum Gasteiger partial charge on any atom is -0.378 e. The number of alkyl halides is 3. The van der Waals surface area contributed by atoms with Gasteiger partial charge in [0.1, 0.15) is 0 Å². The second kappa shape index (κ2) is 7.59. The van der Waals surface area contributed by atoms with E-state index in [0.29, 0.717) is 22.5 Å². The third kappa shape index (κ3) is 3.79. The van der Waals surface area contributed by atoms with Gasteiger partial charge in [0.15, 0.2) is 5.60 Å². The van der Waals surface area contributed by atoms with Gasteiger partial charge >= 0.3 is 6.18 Å². The first kappa shape index (κ1) is 21.8. The Labute approximate surface area is 184 Å². The SMILES string of the molecule is Cc1cc(C2CN(c3c(Cl)cccc3Cl)C2)cc(C)c1CN1CC(O)(C(F)(F)F)C1. The van der Waals surface area contributed by atoms with E-state index in [-0.39, 0.29) is 13.1 Å². The maximum absolute atomic E-state index is 12.8. The Balaban J connectivity index is 1.42. The number of benzene rings is 2. The summed E-state index contributed by atoms with van der Waals surface area (Å²) in [5, 5.41) is 10.9. The molecule has 0 aromatic heterocycles. The Morgan fingerprint density at radius 2 is 1.60 bits per heavy atom. The van der Waals surface area contributed by atoms with Crippen LogP contribution in [0.3, 0.4) is 0 Å². The zero-order valence-electron chi connectivity index (χ0n) is 16.7. The van der Waals surface area contributed by atoms with E-state index in [2.05, 4.69) is 17.0 Å². The van der Waals surface area contributed by atoms with Crippen LogP contribution in [0.1, 0.15) is 28.2 Å². The van der Waals surface area contributed by atoms with Gasteiger partial charge in [-0.25, -0.2) is 0 Å². The highest BCUT2D eigenvalue weighted by Crippen LogP contribution is 2.41. The molecule has 4 rings (SSSR count). The highest BCUT2D eigenvalue weighted by atomic mass is 35.5. The van der Waals surface area contributed by atoms with Crippen LogP contribution in [-0.4, -0.2) is 48.0 Å². The largest absolute Gasteiger partial charge is 0.419 e. The lowest BCUT2D eigenvalue weighted by Crippen LogP contribution is -2.68. The second-order valence-corrected chi connectivity index (χ2v) is 9.29. The molecule has 0 aliphatic carbocycles. The number of aliphatic hydroxyl groups is 1. The van der Waals surface area contributed by atoms with E-state index in [9.17, 15) is 18.3 Å². The highest BCUT2D eigenvalue weighted by molar-refractivity contribution is 6.39. The molecule has 2 fully saturated rings. The summed E-state index contributed by atoms with van der Waals surface area (Å²) < 4.78 is 38.5.